The highest BCUT2D eigenvalue weighted by molar-refractivity contribution is 5.95. The molecule has 43 heavy (non-hydrogen) atoms. The van der Waals surface area contributed by atoms with E-state index in [0.717, 1.165) is 30.9 Å². The van der Waals surface area contributed by atoms with Crippen molar-refractivity contribution in [2.75, 3.05) is 6.61 Å². The summed E-state index contributed by atoms with van der Waals surface area (Å²) in [6.45, 7) is 3.96. The van der Waals surface area contributed by atoms with Crippen LogP contribution in [0.3, 0.4) is 0 Å². The molecular weight excluding hydrogens is 558 g/mol. The Bertz CT molecular complexity index is 1070. The lowest BCUT2D eigenvalue weighted by Crippen LogP contribution is -2.31. The number of unbranched alkanes of at least 4 members (excludes halogenated alkanes) is 2. The summed E-state index contributed by atoms with van der Waals surface area (Å²) in [5, 5.41) is 0. The Morgan fingerprint density at radius 1 is 1.07 bits per heavy atom. The van der Waals surface area contributed by atoms with Gasteiger partial charge >= 0.3 is 17.9 Å². The Balaban J connectivity index is 1.63. The number of halogens is 2. The molecule has 0 radical (unpaired) electrons. The lowest BCUT2D eigenvalue weighted by atomic mass is 9.89. The van der Waals surface area contributed by atoms with Crippen LogP contribution in [0.2, 0.25) is 0 Å². The molecule has 0 spiro atoms. The molecule has 1 heterocycles. The Morgan fingerprint density at radius 2 is 1.86 bits per heavy atom. The van der Waals surface area contributed by atoms with Crippen molar-refractivity contribution in [2.24, 2.45) is 11.8 Å². The van der Waals surface area contributed by atoms with Crippen LogP contribution in [-0.4, -0.2) is 48.7 Å². The quantitative estimate of drug-likeness (QED) is 0.0799. The van der Waals surface area contributed by atoms with Crippen molar-refractivity contribution in [2.45, 2.75) is 116 Å². The molecule has 1 aromatic carbocycles. The molecule has 9 heteroatoms. The van der Waals surface area contributed by atoms with Crippen molar-refractivity contribution in [3.05, 3.63) is 60.2 Å². The third-order valence-corrected chi connectivity index (χ3v) is 7.89. The highest BCUT2D eigenvalue weighted by atomic mass is 19.3. The standard InChI is InChI=1S/C34H46F2O7/c1-3-4-21-34(35,36)31(38)20-19-28-27(29(42-25(2)37)23-30(28)43-33-18-12-13-22-40-33)16-10-5-6-11-17-32(39)41-24-26-14-8-7-9-15-26/h5,7-10,14-15,19-20,27-30,33H,3-4,6,11-13,16-18,21-24H2,1-2H3/b10-5-,20-19+/t27-,28-,29+,30-,33+/m1/s1. The zero-order valence-electron chi connectivity index (χ0n) is 25.4. The van der Waals surface area contributed by atoms with E-state index in [0.29, 0.717) is 38.7 Å². The largest absolute Gasteiger partial charge is 0.462 e. The second kappa shape index (κ2) is 18.0. The van der Waals surface area contributed by atoms with Crippen molar-refractivity contribution in [1.29, 1.82) is 0 Å². The Hall–Kier alpha value is -2.91. The maximum Gasteiger partial charge on any atom is 0.309 e. The number of alkyl halides is 2. The van der Waals surface area contributed by atoms with Crippen LogP contribution in [0.1, 0.15) is 90.0 Å². The monoisotopic (exact) mass is 604 g/mol. The molecule has 1 aromatic rings. The maximum absolute atomic E-state index is 14.4. The fourth-order valence-electron chi connectivity index (χ4n) is 5.56. The van der Waals surface area contributed by atoms with Gasteiger partial charge in [-0.3, -0.25) is 14.4 Å². The third-order valence-electron chi connectivity index (χ3n) is 7.89. The highest BCUT2D eigenvalue weighted by Crippen LogP contribution is 2.41. The van der Waals surface area contributed by atoms with E-state index in [1.807, 2.05) is 42.5 Å². The number of carbonyl (C=O) groups is 3. The zero-order chi connectivity index (χ0) is 31.1. The smallest absolute Gasteiger partial charge is 0.309 e. The first-order valence-corrected chi connectivity index (χ1v) is 15.6. The van der Waals surface area contributed by atoms with E-state index >= 15 is 0 Å². The molecular formula is C34H46F2O7. The summed E-state index contributed by atoms with van der Waals surface area (Å²) in [7, 11) is 0. The van der Waals surface area contributed by atoms with Crippen LogP contribution in [-0.2, 0) is 39.9 Å². The van der Waals surface area contributed by atoms with Crippen molar-refractivity contribution < 1.29 is 42.1 Å². The summed E-state index contributed by atoms with van der Waals surface area (Å²) in [5.41, 5.74) is 0.932. The molecule has 5 atom stereocenters. The average molecular weight is 605 g/mol. The molecule has 3 rings (SSSR count). The minimum absolute atomic E-state index is 0.242. The minimum atomic E-state index is -3.43. The van der Waals surface area contributed by atoms with Crippen LogP contribution < -0.4 is 0 Å². The number of ether oxygens (including phenoxy) is 4. The number of carbonyl (C=O) groups excluding carboxylic acids is 3. The van der Waals surface area contributed by atoms with Gasteiger partial charge in [-0.1, -0.05) is 61.9 Å². The zero-order valence-corrected chi connectivity index (χ0v) is 25.4. The summed E-state index contributed by atoms with van der Waals surface area (Å²) in [4.78, 5) is 36.5. The summed E-state index contributed by atoms with van der Waals surface area (Å²) in [6.07, 6.45) is 10.4. The van der Waals surface area contributed by atoms with Crippen LogP contribution in [0.5, 0.6) is 0 Å². The number of hydrogen-bond acceptors (Lipinski definition) is 7. The van der Waals surface area contributed by atoms with Gasteiger partial charge in [0.25, 0.3) is 0 Å². The summed E-state index contributed by atoms with van der Waals surface area (Å²) < 4.78 is 51.9. The van der Waals surface area contributed by atoms with Gasteiger partial charge in [-0.05, 0) is 56.6 Å². The van der Waals surface area contributed by atoms with Crippen molar-refractivity contribution >= 4 is 17.7 Å². The first kappa shape index (κ1) is 34.6. The van der Waals surface area contributed by atoms with Crippen LogP contribution >= 0.6 is 0 Å². The van der Waals surface area contributed by atoms with Gasteiger partial charge in [0.1, 0.15) is 12.7 Å². The van der Waals surface area contributed by atoms with E-state index in [1.54, 1.807) is 6.92 Å². The number of rotatable bonds is 17. The van der Waals surface area contributed by atoms with Crippen LogP contribution in [0.25, 0.3) is 0 Å². The number of ketones is 1. The Kier molecular flexibility index (Phi) is 14.5. The van der Waals surface area contributed by atoms with Crippen LogP contribution in [0, 0.1) is 11.8 Å². The molecule has 0 bridgehead atoms. The van der Waals surface area contributed by atoms with E-state index in [4.69, 9.17) is 18.9 Å². The van der Waals surface area contributed by atoms with E-state index in [1.165, 1.54) is 13.0 Å². The van der Waals surface area contributed by atoms with E-state index < -0.39 is 48.5 Å². The highest BCUT2D eigenvalue weighted by Gasteiger charge is 2.45. The van der Waals surface area contributed by atoms with Gasteiger partial charge < -0.3 is 18.9 Å². The lowest BCUT2D eigenvalue weighted by Gasteiger charge is -2.29. The van der Waals surface area contributed by atoms with Gasteiger partial charge in [-0.15, -0.1) is 0 Å². The first-order valence-electron chi connectivity index (χ1n) is 15.6. The molecule has 0 unspecified atom stereocenters. The molecule has 1 saturated carbocycles. The van der Waals surface area contributed by atoms with E-state index in [-0.39, 0.29) is 31.3 Å². The molecule has 1 aliphatic heterocycles. The molecule has 0 aromatic heterocycles. The lowest BCUT2D eigenvalue weighted by molar-refractivity contribution is -0.193. The number of esters is 2. The molecule has 2 aliphatic rings. The van der Waals surface area contributed by atoms with Crippen molar-refractivity contribution in [3.8, 4) is 0 Å². The topological polar surface area (TPSA) is 88.1 Å². The van der Waals surface area contributed by atoms with E-state index in [9.17, 15) is 23.2 Å². The summed E-state index contributed by atoms with van der Waals surface area (Å²) in [6, 6.07) is 9.49. The van der Waals surface area contributed by atoms with Gasteiger partial charge in [-0.25, -0.2) is 0 Å². The molecule has 0 N–H and O–H groups in total. The number of hydrogen-bond donors (Lipinski definition) is 0. The van der Waals surface area contributed by atoms with Gasteiger partial charge in [0.2, 0.25) is 5.78 Å². The van der Waals surface area contributed by atoms with Gasteiger partial charge in [-0.2, -0.15) is 8.78 Å². The predicted molar refractivity (Wildman–Crippen MR) is 158 cm³/mol. The first-order chi connectivity index (χ1) is 20.7. The summed E-state index contributed by atoms with van der Waals surface area (Å²) >= 11 is 0. The molecule has 0 amide bonds. The van der Waals surface area contributed by atoms with Gasteiger partial charge in [0.05, 0.1) is 6.10 Å². The predicted octanol–water partition coefficient (Wildman–Crippen LogP) is 7.28. The molecule has 238 valence electrons. The van der Waals surface area contributed by atoms with Crippen molar-refractivity contribution in [1.82, 2.24) is 0 Å². The normalized spacial score (nSPS) is 24.4. The second-order valence-electron chi connectivity index (χ2n) is 11.4. The fraction of sp³-hybridized carbons (Fsp3) is 0.618. The molecule has 1 aliphatic carbocycles. The van der Waals surface area contributed by atoms with Gasteiger partial charge in [0.15, 0.2) is 6.29 Å². The average Bonchev–Trinajstić information content (AvgIpc) is 3.30. The van der Waals surface area contributed by atoms with Gasteiger partial charge in [0, 0.05) is 44.6 Å². The second-order valence-corrected chi connectivity index (χ2v) is 11.4. The Morgan fingerprint density at radius 3 is 2.56 bits per heavy atom. The Labute approximate surface area is 254 Å². The third kappa shape index (κ3) is 11.9. The van der Waals surface area contributed by atoms with Crippen LogP contribution in [0.4, 0.5) is 8.78 Å². The molecule has 2 fully saturated rings. The maximum atomic E-state index is 14.4. The van der Waals surface area contributed by atoms with Crippen LogP contribution in [0.15, 0.2) is 54.6 Å². The summed E-state index contributed by atoms with van der Waals surface area (Å²) in [5.74, 6) is -6.07. The number of benzene rings is 1. The minimum Gasteiger partial charge on any atom is -0.462 e. The molecule has 1 saturated heterocycles. The number of allylic oxidation sites excluding steroid dienone is 3. The van der Waals surface area contributed by atoms with E-state index in [2.05, 4.69) is 0 Å². The van der Waals surface area contributed by atoms with Crippen molar-refractivity contribution in [3.63, 3.8) is 0 Å². The SMILES string of the molecule is CCCCC(F)(F)C(=O)/C=C/[C@@H]1[C@@H](C/C=C\CCCC(=O)OCc2ccccc2)[C@@H](OC(C)=O)C[C@H]1O[C@H]1CCCCO1. The fourth-order valence-corrected chi connectivity index (χ4v) is 5.56. The molecule has 7 nitrogen and oxygen atoms in total.